The molecule has 0 radical (unpaired) electrons. The van der Waals surface area contributed by atoms with Gasteiger partial charge in [-0.15, -0.1) is 0 Å². The van der Waals surface area contributed by atoms with Crippen LogP contribution in [0.1, 0.15) is 136 Å². The maximum Gasteiger partial charge on any atom is -0.0383 e. The van der Waals surface area contributed by atoms with Gasteiger partial charge >= 0.3 is 0 Å². The van der Waals surface area contributed by atoms with Crippen molar-refractivity contribution in [1.82, 2.24) is 0 Å². The quantitative estimate of drug-likeness (QED) is 0.399. The molecule has 0 aromatic heterocycles. The Labute approximate surface area is 183 Å². The maximum absolute atomic E-state index is 2.42. The van der Waals surface area contributed by atoms with E-state index in [1.807, 2.05) is 0 Å². The first-order chi connectivity index (χ1) is 14.2. The predicted molar refractivity (Wildman–Crippen MR) is 127 cm³/mol. The van der Waals surface area contributed by atoms with Gasteiger partial charge in [0.05, 0.1) is 0 Å². The van der Waals surface area contributed by atoms with Crippen LogP contribution < -0.4 is 0 Å². The molecular formula is C29H52. The lowest BCUT2D eigenvalue weighted by molar-refractivity contribution is 0.0878. The van der Waals surface area contributed by atoms with Gasteiger partial charge in [-0.05, 0) is 98.7 Å². The molecule has 4 fully saturated rings. The summed E-state index contributed by atoms with van der Waals surface area (Å²) in [5.41, 5.74) is 0. The molecule has 168 valence electrons. The van der Waals surface area contributed by atoms with Crippen LogP contribution in [0.25, 0.3) is 0 Å². The van der Waals surface area contributed by atoms with Crippen LogP contribution in [0.3, 0.4) is 0 Å². The molecule has 0 nitrogen and oxygen atoms in total. The summed E-state index contributed by atoms with van der Waals surface area (Å²) in [6, 6.07) is 0. The Bertz CT molecular complexity index is 451. The molecule has 0 aliphatic heterocycles. The van der Waals surface area contributed by atoms with E-state index in [1.54, 1.807) is 103 Å². The Morgan fingerprint density at radius 1 is 0.414 bits per heavy atom. The van der Waals surface area contributed by atoms with Crippen LogP contribution in [0.4, 0.5) is 0 Å². The van der Waals surface area contributed by atoms with Crippen molar-refractivity contribution >= 4 is 0 Å². The third-order valence-corrected chi connectivity index (χ3v) is 10.5. The highest BCUT2D eigenvalue weighted by atomic mass is 14.4. The summed E-state index contributed by atoms with van der Waals surface area (Å²) >= 11 is 0. The molecule has 0 aromatic carbocycles. The van der Waals surface area contributed by atoms with E-state index in [1.165, 1.54) is 19.3 Å². The van der Waals surface area contributed by atoms with Crippen molar-refractivity contribution in [2.45, 2.75) is 136 Å². The number of fused-ring (bicyclic) bond motifs is 1. The predicted octanol–water partition coefficient (Wildman–Crippen LogP) is 9.42. The molecule has 0 N–H and O–H groups in total. The first kappa shape index (κ1) is 22.2. The minimum Gasteiger partial charge on any atom is -0.0654 e. The number of hydrogen-bond acceptors (Lipinski definition) is 0. The van der Waals surface area contributed by atoms with Crippen molar-refractivity contribution in [2.24, 2.45) is 47.3 Å². The molecule has 0 amide bonds. The highest BCUT2D eigenvalue weighted by Crippen LogP contribution is 2.47. The van der Waals surface area contributed by atoms with Crippen LogP contribution >= 0.6 is 0 Å². The molecule has 4 rings (SSSR count). The summed E-state index contributed by atoms with van der Waals surface area (Å²) in [4.78, 5) is 0. The van der Waals surface area contributed by atoms with Crippen LogP contribution in [0.2, 0.25) is 0 Å². The van der Waals surface area contributed by atoms with Gasteiger partial charge in [0, 0.05) is 0 Å². The van der Waals surface area contributed by atoms with Crippen molar-refractivity contribution < 1.29 is 0 Å². The minimum atomic E-state index is 1.07. The molecule has 0 saturated heterocycles. The number of hydrogen-bond donors (Lipinski definition) is 0. The second-order valence-electron chi connectivity index (χ2n) is 12.2. The van der Waals surface area contributed by atoms with E-state index in [-0.39, 0.29) is 0 Å². The van der Waals surface area contributed by atoms with Crippen LogP contribution in [-0.4, -0.2) is 0 Å². The fourth-order valence-electron chi connectivity index (χ4n) is 8.49. The van der Waals surface area contributed by atoms with Gasteiger partial charge < -0.3 is 0 Å². The topological polar surface area (TPSA) is 0 Å². The third kappa shape index (κ3) is 6.04. The zero-order chi connectivity index (χ0) is 20.1. The maximum atomic E-state index is 2.42. The lowest BCUT2D eigenvalue weighted by Gasteiger charge is -2.42. The minimum absolute atomic E-state index is 1.07. The smallest absolute Gasteiger partial charge is 0.0383 e. The average Bonchev–Trinajstić information content (AvgIpc) is 2.78. The fraction of sp³-hybridized carbons (Fsp3) is 1.00. The molecule has 4 unspecified atom stereocenters. The van der Waals surface area contributed by atoms with Crippen molar-refractivity contribution in [3.63, 3.8) is 0 Å². The van der Waals surface area contributed by atoms with E-state index in [0.717, 1.165) is 47.3 Å². The summed E-state index contributed by atoms with van der Waals surface area (Å²) in [5.74, 6) is 8.81. The second-order valence-corrected chi connectivity index (χ2v) is 12.2. The van der Waals surface area contributed by atoms with Crippen LogP contribution in [0.15, 0.2) is 0 Å². The summed E-state index contributed by atoms with van der Waals surface area (Å²) in [6.45, 7) is 4.79. The van der Waals surface area contributed by atoms with Gasteiger partial charge in [-0.2, -0.15) is 0 Å². The zero-order valence-electron chi connectivity index (χ0n) is 20.1. The monoisotopic (exact) mass is 400 g/mol. The summed E-state index contributed by atoms with van der Waals surface area (Å²) in [7, 11) is 0. The van der Waals surface area contributed by atoms with Crippen molar-refractivity contribution in [2.75, 3.05) is 0 Å². The molecule has 4 atom stereocenters. The Morgan fingerprint density at radius 2 is 0.828 bits per heavy atom. The van der Waals surface area contributed by atoms with Crippen molar-refractivity contribution in [3.05, 3.63) is 0 Å². The molecule has 4 saturated carbocycles. The molecule has 0 spiro atoms. The van der Waals surface area contributed by atoms with Gasteiger partial charge in [0.2, 0.25) is 0 Å². The fourth-order valence-corrected chi connectivity index (χ4v) is 8.49. The Balaban J connectivity index is 1.12. The summed E-state index contributed by atoms with van der Waals surface area (Å²) < 4.78 is 0. The van der Waals surface area contributed by atoms with E-state index < -0.39 is 0 Å². The highest BCUT2D eigenvalue weighted by molar-refractivity contribution is 4.87. The number of rotatable bonds is 7. The van der Waals surface area contributed by atoms with E-state index in [0.29, 0.717) is 0 Å². The zero-order valence-corrected chi connectivity index (χ0v) is 20.1. The van der Waals surface area contributed by atoms with Gasteiger partial charge in [0.1, 0.15) is 0 Å². The van der Waals surface area contributed by atoms with Gasteiger partial charge in [0.25, 0.3) is 0 Å². The van der Waals surface area contributed by atoms with E-state index in [9.17, 15) is 0 Å². The second kappa shape index (κ2) is 11.0. The summed E-state index contributed by atoms with van der Waals surface area (Å²) in [6.07, 6.45) is 29.6. The Morgan fingerprint density at radius 3 is 1.38 bits per heavy atom. The Kier molecular flexibility index (Phi) is 8.45. The van der Waals surface area contributed by atoms with Crippen LogP contribution in [-0.2, 0) is 0 Å². The van der Waals surface area contributed by atoms with Gasteiger partial charge in [-0.1, -0.05) is 84.5 Å². The standard InChI is InChI=1S/C29H52/c1-3-5-23-9-14-26(15-10-23)27-16-11-24(12-17-27)6-7-25-13-19-28-20-22(4-2)8-18-29(28)21-25/h22-29H,3-21H2,1-2H3. The molecular weight excluding hydrogens is 348 g/mol. The molecule has 0 bridgehead atoms. The molecule has 0 heterocycles. The lowest BCUT2D eigenvalue weighted by atomic mass is 9.63. The molecule has 29 heavy (non-hydrogen) atoms. The Hall–Kier alpha value is 0. The molecule has 0 aromatic rings. The van der Waals surface area contributed by atoms with E-state index in [4.69, 9.17) is 0 Å². The highest BCUT2D eigenvalue weighted by Gasteiger charge is 2.35. The molecule has 0 heteroatoms. The lowest BCUT2D eigenvalue weighted by Crippen LogP contribution is -2.31. The molecule has 4 aliphatic carbocycles. The summed E-state index contributed by atoms with van der Waals surface area (Å²) in [5, 5.41) is 0. The van der Waals surface area contributed by atoms with Crippen molar-refractivity contribution in [3.8, 4) is 0 Å². The van der Waals surface area contributed by atoms with Crippen LogP contribution in [0, 0.1) is 47.3 Å². The molecule has 4 aliphatic rings. The third-order valence-electron chi connectivity index (χ3n) is 10.5. The van der Waals surface area contributed by atoms with E-state index in [2.05, 4.69) is 13.8 Å². The van der Waals surface area contributed by atoms with Crippen LogP contribution in [0.5, 0.6) is 0 Å². The van der Waals surface area contributed by atoms with Gasteiger partial charge in [-0.3, -0.25) is 0 Å². The average molecular weight is 401 g/mol. The van der Waals surface area contributed by atoms with E-state index >= 15 is 0 Å². The van der Waals surface area contributed by atoms with Gasteiger partial charge in [0.15, 0.2) is 0 Å². The first-order valence-electron chi connectivity index (χ1n) is 14.2. The largest absolute Gasteiger partial charge is 0.0654 e. The SMILES string of the molecule is CCCC1CCC(C2CCC(CCC3CCC4CC(CC)CCC4C3)CC2)CC1. The van der Waals surface area contributed by atoms with Crippen molar-refractivity contribution in [1.29, 1.82) is 0 Å². The first-order valence-corrected chi connectivity index (χ1v) is 14.2. The van der Waals surface area contributed by atoms with Gasteiger partial charge in [-0.25, -0.2) is 0 Å². The normalized spacial score (nSPS) is 43.7.